The predicted octanol–water partition coefficient (Wildman–Crippen LogP) is 1.75. The van der Waals surface area contributed by atoms with E-state index in [1.165, 1.54) is 30.3 Å². The molecule has 0 heterocycles. The number of carboxylic acids is 1. The van der Waals surface area contributed by atoms with Crippen molar-refractivity contribution in [1.29, 1.82) is 0 Å². The average molecular weight is 289 g/mol. The number of hydrogen-bond acceptors (Lipinski definition) is 5. The summed E-state index contributed by atoms with van der Waals surface area (Å²) in [5, 5.41) is 39.8. The second-order valence-corrected chi connectivity index (χ2v) is 4.16. The molecule has 0 spiro atoms. The molecule has 0 aromatic heterocycles. The molecule has 5 N–H and O–H groups in total. The molecule has 0 atom stereocenters. The van der Waals surface area contributed by atoms with Crippen LogP contribution in [0, 0.1) is 0 Å². The van der Waals surface area contributed by atoms with E-state index in [0.717, 1.165) is 6.07 Å². The van der Waals surface area contributed by atoms with Gasteiger partial charge in [0.2, 0.25) is 0 Å². The van der Waals surface area contributed by atoms with Gasteiger partial charge in [0.05, 0.1) is 11.3 Å². The van der Waals surface area contributed by atoms with Crippen molar-refractivity contribution in [3.8, 4) is 17.2 Å². The minimum atomic E-state index is -1.22. The number of phenolic OH excluding ortho intramolecular Hbond substituents is 3. The number of benzene rings is 2. The molecule has 2 rings (SSSR count). The minimum absolute atomic E-state index is 0.0485. The molecule has 0 saturated heterocycles. The van der Waals surface area contributed by atoms with Gasteiger partial charge in [-0.05, 0) is 30.3 Å². The third-order valence-electron chi connectivity index (χ3n) is 2.74. The van der Waals surface area contributed by atoms with Gasteiger partial charge in [-0.1, -0.05) is 6.07 Å². The van der Waals surface area contributed by atoms with Gasteiger partial charge in [-0.3, -0.25) is 4.79 Å². The van der Waals surface area contributed by atoms with Crippen LogP contribution in [0.4, 0.5) is 5.69 Å². The van der Waals surface area contributed by atoms with E-state index in [1.54, 1.807) is 0 Å². The lowest BCUT2D eigenvalue weighted by atomic mass is 10.1. The molecular weight excluding hydrogens is 278 g/mol. The number of carbonyl (C=O) groups excluding carboxylic acids is 1. The van der Waals surface area contributed by atoms with Crippen molar-refractivity contribution >= 4 is 17.6 Å². The number of phenols is 3. The first kappa shape index (κ1) is 14.2. The van der Waals surface area contributed by atoms with Gasteiger partial charge in [-0.2, -0.15) is 0 Å². The lowest BCUT2D eigenvalue weighted by Crippen LogP contribution is -2.12. The third-order valence-corrected chi connectivity index (χ3v) is 2.74. The Bertz CT molecular complexity index is 705. The maximum absolute atomic E-state index is 12.0. The predicted molar refractivity (Wildman–Crippen MR) is 72.8 cm³/mol. The highest BCUT2D eigenvalue weighted by Crippen LogP contribution is 2.29. The van der Waals surface area contributed by atoms with Crippen LogP contribution in [0.3, 0.4) is 0 Å². The number of aromatic carboxylic acids is 1. The normalized spacial score (nSPS) is 10.1. The van der Waals surface area contributed by atoms with Gasteiger partial charge in [0.25, 0.3) is 5.91 Å². The highest BCUT2D eigenvalue weighted by molar-refractivity contribution is 6.08. The topological polar surface area (TPSA) is 127 Å². The summed E-state index contributed by atoms with van der Waals surface area (Å²) < 4.78 is 0. The molecule has 0 aliphatic carbocycles. The fraction of sp³-hybridized carbons (Fsp3) is 0. The average Bonchev–Trinajstić information content (AvgIpc) is 2.40. The standard InChI is InChI=1S/C14H11NO6/c16-9-2-1-3-10(17)12(9)13(19)15-8-5-4-7(14(20)21)6-11(8)18/h1-6,16-18H,(H,15,19)(H,20,21). The highest BCUT2D eigenvalue weighted by atomic mass is 16.4. The van der Waals surface area contributed by atoms with E-state index in [1.807, 2.05) is 0 Å². The number of nitrogens with one attached hydrogen (secondary N) is 1. The zero-order chi connectivity index (χ0) is 15.6. The second-order valence-electron chi connectivity index (χ2n) is 4.16. The molecule has 108 valence electrons. The molecule has 0 fully saturated rings. The van der Waals surface area contributed by atoms with Crippen molar-refractivity contribution in [2.45, 2.75) is 0 Å². The maximum Gasteiger partial charge on any atom is 0.335 e. The molecule has 1 amide bonds. The molecule has 2 aromatic rings. The van der Waals surface area contributed by atoms with Crippen LogP contribution in [0.25, 0.3) is 0 Å². The lowest BCUT2D eigenvalue weighted by molar-refractivity contribution is 0.0696. The maximum atomic E-state index is 12.0. The van der Waals surface area contributed by atoms with E-state index in [9.17, 15) is 24.9 Å². The monoisotopic (exact) mass is 289 g/mol. The van der Waals surface area contributed by atoms with Crippen molar-refractivity contribution < 1.29 is 30.0 Å². The summed E-state index contributed by atoms with van der Waals surface area (Å²) in [4.78, 5) is 22.7. The quantitative estimate of drug-likeness (QED) is 0.548. The van der Waals surface area contributed by atoms with Crippen LogP contribution >= 0.6 is 0 Å². The van der Waals surface area contributed by atoms with Crippen molar-refractivity contribution in [3.63, 3.8) is 0 Å². The minimum Gasteiger partial charge on any atom is -0.507 e. The van der Waals surface area contributed by atoms with Crippen LogP contribution in [0.5, 0.6) is 17.2 Å². The Hall–Kier alpha value is -3.22. The van der Waals surface area contributed by atoms with Crippen LogP contribution in [0.1, 0.15) is 20.7 Å². The van der Waals surface area contributed by atoms with E-state index in [-0.39, 0.29) is 16.8 Å². The largest absolute Gasteiger partial charge is 0.507 e. The molecule has 7 nitrogen and oxygen atoms in total. The lowest BCUT2D eigenvalue weighted by Gasteiger charge is -2.10. The van der Waals surface area contributed by atoms with E-state index in [4.69, 9.17) is 5.11 Å². The van der Waals surface area contributed by atoms with Gasteiger partial charge in [-0.15, -0.1) is 0 Å². The number of aromatic hydroxyl groups is 3. The van der Waals surface area contributed by atoms with Crippen LogP contribution in [-0.2, 0) is 0 Å². The first-order valence-electron chi connectivity index (χ1n) is 5.78. The summed E-state index contributed by atoms with van der Waals surface area (Å²) >= 11 is 0. The van der Waals surface area contributed by atoms with Crippen LogP contribution in [0.2, 0.25) is 0 Å². The number of anilines is 1. The Balaban J connectivity index is 2.30. The second kappa shape index (κ2) is 5.41. The Morgan fingerprint density at radius 3 is 2.05 bits per heavy atom. The van der Waals surface area contributed by atoms with E-state index < -0.39 is 29.1 Å². The first-order valence-corrected chi connectivity index (χ1v) is 5.78. The van der Waals surface area contributed by atoms with Gasteiger partial charge < -0.3 is 25.7 Å². The molecule has 0 unspecified atom stereocenters. The molecular formula is C14H11NO6. The molecule has 0 aliphatic rings. The van der Waals surface area contributed by atoms with Crippen molar-refractivity contribution in [2.75, 3.05) is 5.32 Å². The van der Waals surface area contributed by atoms with E-state index in [0.29, 0.717) is 0 Å². The number of carbonyl (C=O) groups is 2. The number of amides is 1. The van der Waals surface area contributed by atoms with Crippen molar-refractivity contribution in [1.82, 2.24) is 0 Å². The van der Waals surface area contributed by atoms with Gasteiger partial charge in [0, 0.05) is 0 Å². The molecule has 2 aromatic carbocycles. The smallest absolute Gasteiger partial charge is 0.335 e. The van der Waals surface area contributed by atoms with E-state index >= 15 is 0 Å². The summed E-state index contributed by atoms with van der Waals surface area (Å²) in [7, 11) is 0. The van der Waals surface area contributed by atoms with Gasteiger partial charge >= 0.3 is 5.97 Å². The third kappa shape index (κ3) is 2.86. The number of carboxylic acid groups (broad SMARTS) is 1. The SMILES string of the molecule is O=C(O)c1ccc(NC(=O)c2c(O)cccc2O)c(O)c1. The summed E-state index contributed by atoms with van der Waals surface area (Å²) in [5.74, 6) is -3.35. The first-order chi connectivity index (χ1) is 9.90. The Labute approximate surface area is 118 Å². The highest BCUT2D eigenvalue weighted by Gasteiger charge is 2.17. The van der Waals surface area contributed by atoms with E-state index in [2.05, 4.69) is 5.32 Å². The van der Waals surface area contributed by atoms with Crippen LogP contribution < -0.4 is 5.32 Å². The molecule has 0 saturated carbocycles. The zero-order valence-electron chi connectivity index (χ0n) is 10.6. The molecule has 0 bridgehead atoms. The molecule has 7 heteroatoms. The van der Waals surface area contributed by atoms with Crippen LogP contribution in [-0.4, -0.2) is 32.3 Å². The zero-order valence-corrected chi connectivity index (χ0v) is 10.6. The molecule has 0 aliphatic heterocycles. The summed E-state index contributed by atoms with van der Waals surface area (Å²) in [6.45, 7) is 0. The van der Waals surface area contributed by atoms with Gasteiger partial charge in [-0.25, -0.2) is 4.79 Å². The molecule has 0 radical (unpaired) electrons. The molecule has 21 heavy (non-hydrogen) atoms. The number of hydrogen-bond donors (Lipinski definition) is 5. The number of rotatable bonds is 3. The van der Waals surface area contributed by atoms with Crippen molar-refractivity contribution in [2.24, 2.45) is 0 Å². The summed E-state index contributed by atoms with van der Waals surface area (Å²) in [6, 6.07) is 7.18. The fourth-order valence-electron chi connectivity index (χ4n) is 1.72. The fourth-order valence-corrected chi connectivity index (χ4v) is 1.72. The van der Waals surface area contributed by atoms with Gasteiger partial charge in [0.15, 0.2) is 0 Å². The Morgan fingerprint density at radius 1 is 0.905 bits per heavy atom. The summed E-state index contributed by atoms with van der Waals surface area (Å²) in [6.07, 6.45) is 0. The summed E-state index contributed by atoms with van der Waals surface area (Å²) in [5.41, 5.74) is -0.539. The Morgan fingerprint density at radius 2 is 1.52 bits per heavy atom. The van der Waals surface area contributed by atoms with Crippen molar-refractivity contribution in [3.05, 3.63) is 47.5 Å². The van der Waals surface area contributed by atoms with Gasteiger partial charge in [0.1, 0.15) is 22.8 Å². The Kier molecular flexibility index (Phi) is 3.66. The van der Waals surface area contributed by atoms with Crippen LogP contribution in [0.15, 0.2) is 36.4 Å².